The highest BCUT2D eigenvalue weighted by Gasteiger charge is 2.23. The summed E-state index contributed by atoms with van der Waals surface area (Å²) in [5.74, 6) is 0.618. The van der Waals surface area contributed by atoms with Gasteiger partial charge in [-0.25, -0.2) is 0 Å². The van der Waals surface area contributed by atoms with Gasteiger partial charge in [0.2, 0.25) is 0 Å². The van der Waals surface area contributed by atoms with Crippen molar-refractivity contribution in [2.75, 3.05) is 17.7 Å². The van der Waals surface area contributed by atoms with E-state index >= 15 is 0 Å². The number of nitrogens with two attached hydrogens (primary N) is 1. The van der Waals surface area contributed by atoms with Crippen LogP contribution >= 0.6 is 0 Å². The molecule has 0 bridgehead atoms. The van der Waals surface area contributed by atoms with E-state index in [0.29, 0.717) is 5.69 Å². The highest BCUT2D eigenvalue weighted by atomic mass is 16.5. The molecule has 4 heteroatoms. The molecule has 4 nitrogen and oxygen atoms in total. The van der Waals surface area contributed by atoms with Crippen molar-refractivity contribution in [1.29, 1.82) is 0 Å². The molecule has 1 heterocycles. The fourth-order valence-electron chi connectivity index (χ4n) is 1.79. The van der Waals surface area contributed by atoms with Crippen LogP contribution in [0.1, 0.15) is 16.7 Å². The molecule has 0 saturated heterocycles. The van der Waals surface area contributed by atoms with Crippen molar-refractivity contribution in [1.82, 2.24) is 0 Å². The fourth-order valence-corrected chi connectivity index (χ4v) is 1.79. The van der Waals surface area contributed by atoms with Gasteiger partial charge in [-0.2, -0.15) is 0 Å². The van der Waals surface area contributed by atoms with Gasteiger partial charge in [-0.05, 0) is 37.5 Å². The molecule has 1 amide bonds. The minimum atomic E-state index is -0.131. The molecule has 0 radical (unpaired) electrons. The molecule has 2 rings (SSSR count). The largest absolute Gasteiger partial charge is 0.481 e. The van der Waals surface area contributed by atoms with Crippen molar-refractivity contribution in [3.05, 3.63) is 16.7 Å². The number of nitrogens with one attached hydrogen (secondary N) is 1. The molecule has 1 aromatic rings. The van der Waals surface area contributed by atoms with Crippen LogP contribution in [0.3, 0.4) is 0 Å². The number of fused-ring (bicyclic) bond motifs is 1. The van der Waals surface area contributed by atoms with Crippen LogP contribution in [0.2, 0.25) is 0 Å². The Kier molecular flexibility index (Phi) is 2.07. The van der Waals surface area contributed by atoms with E-state index in [1.54, 1.807) is 0 Å². The summed E-state index contributed by atoms with van der Waals surface area (Å²) >= 11 is 0. The highest BCUT2D eigenvalue weighted by molar-refractivity contribution is 5.98. The normalized spacial score (nSPS) is 14.2. The van der Waals surface area contributed by atoms with Crippen LogP contribution < -0.4 is 15.8 Å². The zero-order chi connectivity index (χ0) is 11.2. The third kappa shape index (κ3) is 1.33. The molecule has 1 aromatic carbocycles. The lowest BCUT2D eigenvalue weighted by atomic mass is 9.99. The van der Waals surface area contributed by atoms with Crippen molar-refractivity contribution in [3.63, 3.8) is 0 Å². The first kappa shape index (κ1) is 9.83. The van der Waals surface area contributed by atoms with Crippen LogP contribution in [-0.2, 0) is 4.79 Å². The van der Waals surface area contributed by atoms with Crippen LogP contribution in [0, 0.1) is 20.8 Å². The van der Waals surface area contributed by atoms with Gasteiger partial charge in [-0.3, -0.25) is 4.79 Å². The van der Waals surface area contributed by atoms with Crippen LogP contribution in [-0.4, -0.2) is 12.5 Å². The van der Waals surface area contributed by atoms with Gasteiger partial charge in [0.05, 0.1) is 5.69 Å². The molecule has 0 saturated carbocycles. The van der Waals surface area contributed by atoms with Gasteiger partial charge < -0.3 is 15.8 Å². The molecule has 0 fully saturated rings. The Morgan fingerprint density at radius 2 is 1.87 bits per heavy atom. The molecule has 0 aliphatic carbocycles. The summed E-state index contributed by atoms with van der Waals surface area (Å²) in [5.41, 5.74) is 10.3. The van der Waals surface area contributed by atoms with Gasteiger partial charge in [0.15, 0.2) is 6.61 Å². The lowest BCUT2D eigenvalue weighted by molar-refractivity contribution is -0.118. The summed E-state index contributed by atoms with van der Waals surface area (Å²) in [4.78, 5) is 11.2. The summed E-state index contributed by atoms with van der Waals surface area (Å²) in [7, 11) is 0. The van der Waals surface area contributed by atoms with Gasteiger partial charge in [-0.15, -0.1) is 0 Å². The molecule has 0 atom stereocenters. The number of rotatable bonds is 0. The van der Waals surface area contributed by atoms with Crippen LogP contribution in [0.5, 0.6) is 5.75 Å². The van der Waals surface area contributed by atoms with Gasteiger partial charge in [0.25, 0.3) is 5.91 Å². The van der Waals surface area contributed by atoms with E-state index in [1.165, 1.54) is 0 Å². The predicted molar refractivity (Wildman–Crippen MR) is 59.2 cm³/mol. The summed E-state index contributed by atoms with van der Waals surface area (Å²) < 4.78 is 5.42. The molecule has 1 aliphatic heterocycles. The van der Waals surface area contributed by atoms with E-state index in [-0.39, 0.29) is 12.5 Å². The Bertz CT molecular complexity index is 453. The lowest BCUT2D eigenvalue weighted by Gasteiger charge is -2.24. The number of amides is 1. The maximum atomic E-state index is 11.2. The van der Waals surface area contributed by atoms with E-state index in [9.17, 15) is 4.79 Å². The molecule has 1 aliphatic rings. The monoisotopic (exact) mass is 206 g/mol. The maximum Gasteiger partial charge on any atom is 0.262 e. The first-order valence-corrected chi connectivity index (χ1v) is 4.84. The third-order valence-corrected chi connectivity index (χ3v) is 2.93. The minimum absolute atomic E-state index is 0.0800. The van der Waals surface area contributed by atoms with E-state index in [1.807, 2.05) is 20.8 Å². The lowest BCUT2D eigenvalue weighted by Crippen LogP contribution is -2.27. The number of anilines is 2. The molecular weight excluding hydrogens is 192 g/mol. The summed E-state index contributed by atoms with van der Waals surface area (Å²) in [6.07, 6.45) is 0. The van der Waals surface area contributed by atoms with Crippen LogP contribution in [0.25, 0.3) is 0 Å². The van der Waals surface area contributed by atoms with Crippen molar-refractivity contribution in [3.8, 4) is 5.75 Å². The fraction of sp³-hybridized carbons (Fsp3) is 0.364. The second kappa shape index (κ2) is 3.15. The molecule has 3 N–H and O–H groups in total. The topological polar surface area (TPSA) is 64.3 Å². The second-order valence-corrected chi connectivity index (χ2v) is 3.83. The quantitative estimate of drug-likeness (QED) is 0.632. The second-order valence-electron chi connectivity index (χ2n) is 3.83. The van der Waals surface area contributed by atoms with E-state index in [4.69, 9.17) is 10.5 Å². The average Bonchev–Trinajstić information content (AvgIpc) is 2.23. The smallest absolute Gasteiger partial charge is 0.262 e. The van der Waals surface area contributed by atoms with Crippen molar-refractivity contribution in [2.45, 2.75) is 20.8 Å². The van der Waals surface area contributed by atoms with Gasteiger partial charge in [-0.1, -0.05) is 0 Å². The first-order chi connectivity index (χ1) is 7.02. The van der Waals surface area contributed by atoms with Crippen LogP contribution in [0.4, 0.5) is 11.4 Å². The number of nitrogen functional groups attached to an aromatic ring is 1. The standard InChI is InChI=1S/C11H14N2O2/c1-5-6(2)11-10(7(3)9(5)12)13-8(14)4-15-11/h4,12H2,1-3H3,(H,13,14). The number of carbonyl (C=O) groups excluding carboxylic acids is 1. The first-order valence-electron chi connectivity index (χ1n) is 4.84. The van der Waals surface area contributed by atoms with Gasteiger partial charge in [0.1, 0.15) is 5.75 Å². The summed E-state index contributed by atoms with van der Waals surface area (Å²) in [6, 6.07) is 0. The Morgan fingerprint density at radius 3 is 2.53 bits per heavy atom. The van der Waals surface area contributed by atoms with E-state index in [2.05, 4.69) is 5.32 Å². The molecule has 0 aromatic heterocycles. The molecule has 0 spiro atoms. The highest BCUT2D eigenvalue weighted by Crippen LogP contribution is 2.40. The molecule has 80 valence electrons. The molecule has 15 heavy (non-hydrogen) atoms. The average molecular weight is 206 g/mol. The van der Waals surface area contributed by atoms with Gasteiger partial charge in [0, 0.05) is 5.69 Å². The minimum Gasteiger partial charge on any atom is -0.481 e. The maximum absolute atomic E-state index is 11.2. The molecule has 0 unspecified atom stereocenters. The zero-order valence-electron chi connectivity index (χ0n) is 9.10. The van der Waals surface area contributed by atoms with Crippen LogP contribution in [0.15, 0.2) is 0 Å². The van der Waals surface area contributed by atoms with Crippen molar-refractivity contribution >= 4 is 17.3 Å². The van der Waals surface area contributed by atoms with Crippen molar-refractivity contribution in [2.24, 2.45) is 0 Å². The Morgan fingerprint density at radius 1 is 1.20 bits per heavy atom. The Balaban J connectivity index is 2.70. The number of hydrogen-bond donors (Lipinski definition) is 2. The number of benzene rings is 1. The number of carbonyl (C=O) groups is 1. The Hall–Kier alpha value is -1.71. The SMILES string of the molecule is Cc1c(C)c2c(c(C)c1N)NC(=O)CO2. The van der Waals surface area contributed by atoms with Crippen molar-refractivity contribution < 1.29 is 9.53 Å². The zero-order valence-corrected chi connectivity index (χ0v) is 9.10. The van der Waals surface area contributed by atoms with E-state index in [0.717, 1.165) is 28.1 Å². The summed E-state index contributed by atoms with van der Waals surface area (Å²) in [6.45, 7) is 5.87. The number of ether oxygens (including phenoxy) is 1. The number of hydrogen-bond acceptors (Lipinski definition) is 3. The molecular formula is C11H14N2O2. The predicted octanol–water partition coefficient (Wildman–Crippen LogP) is 1.52. The third-order valence-electron chi connectivity index (χ3n) is 2.93. The Labute approximate surface area is 88.4 Å². The summed E-state index contributed by atoms with van der Waals surface area (Å²) in [5, 5.41) is 2.79. The van der Waals surface area contributed by atoms with E-state index < -0.39 is 0 Å². The van der Waals surface area contributed by atoms with Gasteiger partial charge >= 0.3 is 0 Å².